The molecule has 6 heteroatoms. The third-order valence-corrected chi connectivity index (χ3v) is 5.23. The number of imidazole rings is 1. The fourth-order valence-electron chi connectivity index (χ4n) is 2.80. The van der Waals surface area contributed by atoms with Crippen LogP contribution < -0.4 is 5.32 Å². The molecule has 1 fully saturated rings. The summed E-state index contributed by atoms with van der Waals surface area (Å²) in [5.74, 6) is -0.00361. The fourth-order valence-corrected chi connectivity index (χ4v) is 3.59. The predicted octanol–water partition coefficient (Wildman–Crippen LogP) is 2.62. The molecule has 0 aliphatic carbocycles. The van der Waals surface area contributed by atoms with Gasteiger partial charge in [0.2, 0.25) is 5.91 Å². The van der Waals surface area contributed by atoms with E-state index in [2.05, 4.69) is 10.3 Å². The number of ether oxygens (including phenoxy) is 1. The summed E-state index contributed by atoms with van der Waals surface area (Å²) in [6.07, 6.45) is 5.27. The van der Waals surface area contributed by atoms with Crippen molar-refractivity contribution in [3.8, 4) is 0 Å². The van der Waals surface area contributed by atoms with Crippen molar-refractivity contribution >= 4 is 17.2 Å². The van der Waals surface area contributed by atoms with Crippen LogP contribution in [0.15, 0.2) is 30.0 Å². The van der Waals surface area contributed by atoms with E-state index >= 15 is 0 Å². The lowest BCUT2D eigenvalue weighted by Crippen LogP contribution is -2.41. The number of nitrogens with zero attached hydrogens (tertiary/aromatic N) is 2. The lowest BCUT2D eigenvalue weighted by Gasteiger charge is -2.30. The number of rotatable bonds is 4. The van der Waals surface area contributed by atoms with E-state index in [1.54, 1.807) is 17.7 Å². The highest BCUT2D eigenvalue weighted by atomic mass is 32.1. The summed E-state index contributed by atoms with van der Waals surface area (Å²) in [6, 6.07) is 4.15. The minimum Gasteiger partial charge on any atom is -0.372 e. The van der Waals surface area contributed by atoms with Gasteiger partial charge in [0, 0.05) is 24.6 Å². The summed E-state index contributed by atoms with van der Waals surface area (Å²) in [5, 5.41) is 5.18. The number of hydrogen-bond acceptors (Lipinski definition) is 4. The van der Waals surface area contributed by atoms with Crippen molar-refractivity contribution in [2.45, 2.75) is 37.8 Å². The smallest absolute Gasteiger partial charge is 0.228 e. The first kappa shape index (κ1) is 15.2. The van der Waals surface area contributed by atoms with Gasteiger partial charge < -0.3 is 14.6 Å². The lowest BCUT2D eigenvalue weighted by atomic mass is 10.00. The summed E-state index contributed by atoms with van der Waals surface area (Å²) in [7, 11) is 1.97. The maximum absolute atomic E-state index is 12.4. The van der Waals surface area contributed by atoms with Crippen LogP contribution in [0.5, 0.6) is 0 Å². The van der Waals surface area contributed by atoms with E-state index in [0.29, 0.717) is 6.61 Å². The van der Waals surface area contributed by atoms with Gasteiger partial charge in [0.1, 0.15) is 6.10 Å². The second-order valence-electron chi connectivity index (χ2n) is 5.76. The van der Waals surface area contributed by atoms with Crippen LogP contribution in [-0.4, -0.2) is 28.1 Å². The number of thiophene rings is 1. The second-order valence-corrected chi connectivity index (χ2v) is 6.74. The summed E-state index contributed by atoms with van der Waals surface area (Å²) in [4.78, 5) is 17.7. The molecular weight excluding hydrogens is 298 g/mol. The minimum absolute atomic E-state index is 0.00333. The number of hydrogen-bond donors (Lipinski definition) is 1. The topological polar surface area (TPSA) is 56.1 Å². The largest absolute Gasteiger partial charge is 0.372 e. The van der Waals surface area contributed by atoms with Crippen molar-refractivity contribution in [1.29, 1.82) is 0 Å². The highest BCUT2D eigenvalue weighted by Crippen LogP contribution is 2.28. The molecule has 3 rings (SSSR count). The molecule has 1 aliphatic rings. The normalized spacial score (nSPS) is 23.2. The van der Waals surface area contributed by atoms with Crippen molar-refractivity contribution in [2.24, 2.45) is 7.05 Å². The summed E-state index contributed by atoms with van der Waals surface area (Å²) in [6.45, 7) is 2.62. The first-order chi connectivity index (χ1) is 10.6. The molecule has 1 saturated heterocycles. The Morgan fingerprint density at radius 3 is 3.14 bits per heavy atom. The fraction of sp³-hybridized carbons (Fsp3) is 0.500. The average molecular weight is 319 g/mol. The zero-order chi connectivity index (χ0) is 15.5. The molecule has 0 radical (unpaired) electrons. The van der Waals surface area contributed by atoms with Gasteiger partial charge >= 0.3 is 0 Å². The molecule has 0 aromatic carbocycles. The van der Waals surface area contributed by atoms with Gasteiger partial charge in [0.25, 0.3) is 0 Å². The zero-order valence-corrected chi connectivity index (χ0v) is 13.7. The van der Waals surface area contributed by atoms with E-state index in [9.17, 15) is 4.79 Å². The molecular formula is C16H21N3O2S. The molecule has 2 aromatic rings. The monoisotopic (exact) mass is 319 g/mol. The van der Waals surface area contributed by atoms with Crippen LogP contribution >= 0.6 is 11.3 Å². The molecule has 2 aromatic heterocycles. The predicted molar refractivity (Wildman–Crippen MR) is 85.8 cm³/mol. The van der Waals surface area contributed by atoms with Gasteiger partial charge in [-0.2, -0.15) is 0 Å². The molecule has 22 heavy (non-hydrogen) atoms. The van der Waals surface area contributed by atoms with E-state index in [0.717, 1.165) is 23.4 Å². The van der Waals surface area contributed by atoms with Crippen molar-refractivity contribution in [3.05, 3.63) is 40.6 Å². The van der Waals surface area contributed by atoms with Crippen LogP contribution in [0.3, 0.4) is 0 Å². The van der Waals surface area contributed by atoms with Gasteiger partial charge in [-0.1, -0.05) is 6.07 Å². The van der Waals surface area contributed by atoms with Crippen LogP contribution in [0.2, 0.25) is 0 Å². The van der Waals surface area contributed by atoms with Gasteiger partial charge in [-0.15, -0.1) is 11.3 Å². The van der Waals surface area contributed by atoms with Crippen LogP contribution in [0.25, 0.3) is 0 Å². The Morgan fingerprint density at radius 1 is 1.59 bits per heavy atom. The van der Waals surface area contributed by atoms with Crippen molar-refractivity contribution in [3.63, 3.8) is 0 Å². The molecule has 0 bridgehead atoms. The highest BCUT2D eigenvalue weighted by Gasteiger charge is 2.28. The maximum Gasteiger partial charge on any atom is 0.228 e. The van der Waals surface area contributed by atoms with Crippen LogP contribution in [-0.2, 0) is 16.6 Å². The Balaban J connectivity index is 1.61. The summed E-state index contributed by atoms with van der Waals surface area (Å²) >= 11 is 1.62. The van der Waals surface area contributed by atoms with E-state index in [4.69, 9.17) is 4.74 Å². The van der Waals surface area contributed by atoms with Crippen LogP contribution in [0.4, 0.5) is 0 Å². The molecule has 0 saturated carbocycles. The lowest BCUT2D eigenvalue weighted by molar-refractivity contribution is -0.124. The molecule has 0 spiro atoms. The molecule has 3 atom stereocenters. The van der Waals surface area contributed by atoms with Gasteiger partial charge in [-0.25, -0.2) is 4.98 Å². The molecule has 118 valence electrons. The van der Waals surface area contributed by atoms with Gasteiger partial charge in [0.15, 0.2) is 0 Å². The van der Waals surface area contributed by atoms with Crippen molar-refractivity contribution in [2.75, 3.05) is 6.61 Å². The zero-order valence-electron chi connectivity index (χ0n) is 12.9. The van der Waals surface area contributed by atoms with Gasteiger partial charge in [-0.3, -0.25) is 4.79 Å². The molecule has 3 unspecified atom stereocenters. The van der Waals surface area contributed by atoms with E-state index in [1.807, 2.05) is 42.2 Å². The third kappa shape index (κ3) is 3.23. The molecule has 1 aliphatic heterocycles. The molecule has 1 amide bonds. The van der Waals surface area contributed by atoms with E-state index in [-0.39, 0.29) is 24.0 Å². The standard InChI is InChI=1S/C16H21N3O2S/c1-11(15-4-3-7-22-15)16(20)18-12-5-6-21-14(8-12)13-9-17-10-19(13)2/h3-4,7,9-12,14H,5-6,8H2,1-2H3,(H,18,20). The quantitative estimate of drug-likeness (QED) is 0.942. The first-order valence-electron chi connectivity index (χ1n) is 7.56. The Morgan fingerprint density at radius 2 is 2.45 bits per heavy atom. The molecule has 5 nitrogen and oxygen atoms in total. The van der Waals surface area contributed by atoms with Crippen molar-refractivity contribution in [1.82, 2.24) is 14.9 Å². The molecule has 3 heterocycles. The second kappa shape index (κ2) is 6.62. The number of aromatic nitrogens is 2. The number of aryl methyl sites for hydroxylation is 1. The SMILES string of the molecule is CC(C(=O)NC1CCOC(c2cncn2C)C1)c1cccs1. The van der Waals surface area contributed by atoms with Crippen LogP contribution in [0.1, 0.15) is 42.4 Å². The number of carbonyl (C=O) groups is 1. The van der Waals surface area contributed by atoms with Gasteiger partial charge in [0.05, 0.1) is 24.1 Å². The number of amides is 1. The number of carbonyl (C=O) groups excluding carboxylic acids is 1. The molecule has 1 N–H and O–H groups in total. The van der Waals surface area contributed by atoms with E-state index < -0.39 is 0 Å². The van der Waals surface area contributed by atoms with Crippen LogP contribution in [0, 0.1) is 0 Å². The minimum atomic E-state index is -0.0991. The Labute approximate surface area is 134 Å². The Kier molecular flexibility index (Phi) is 4.59. The first-order valence-corrected chi connectivity index (χ1v) is 8.44. The number of nitrogens with one attached hydrogen (secondary N) is 1. The summed E-state index contributed by atoms with van der Waals surface area (Å²) < 4.78 is 7.81. The Hall–Kier alpha value is -1.66. The average Bonchev–Trinajstić information content (AvgIpc) is 3.18. The third-order valence-electron chi connectivity index (χ3n) is 4.18. The highest BCUT2D eigenvalue weighted by molar-refractivity contribution is 7.10. The summed E-state index contributed by atoms with van der Waals surface area (Å²) in [5.41, 5.74) is 1.06. The van der Waals surface area contributed by atoms with Crippen molar-refractivity contribution < 1.29 is 9.53 Å². The van der Waals surface area contributed by atoms with Gasteiger partial charge in [-0.05, 0) is 31.2 Å². The maximum atomic E-state index is 12.4. The Bertz CT molecular complexity index is 623. The van der Waals surface area contributed by atoms with E-state index in [1.165, 1.54) is 0 Å².